The quantitative estimate of drug-likeness (QED) is 0.855. The van der Waals surface area contributed by atoms with Crippen molar-refractivity contribution in [3.05, 3.63) is 47.1 Å². The molecule has 4 nitrogen and oxygen atoms in total. The van der Waals surface area contributed by atoms with Gasteiger partial charge in [0.05, 0.1) is 12.8 Å². The Hall–Kier alpha value is -1.88. The highest BCUT2D eigenvalue weighted by Crippen LogP contribution is 2.16. The largest absolute Gasteiger partial charge is 0.494 e. The van der Waals surface area contributed by atoms with Gasteiger partial charge in [-0.25, -0.2) is 9.37 Å². The van der Waals surface area contributed by atoms with Crippen LogP contribution in [0, 0.1) is 5.82 Å². The van der Waals surface area contributed by atoms with Gasteiger partial charge in [0, 0.05) is 6.54 Å². The lowest BCUT2D eigenvalue weighted by Crippen LogP contribution is -2.05. The molecule has 1 heterocycles. The predicted octanol–water partition coefficient (Wildman–Crippen LogP) is 3.28. The van der Waals surface area contributed by atoms with E-state index >= 15 is 0 Å². The zero-order chi connectivity index (χ0) is 13.7. The van der Waals surface area contributed by atoms with Gasteiger partial charge in [-0.2, -0.15) is 4.98 Å². The molecule has 0 spiro atoms. The highest BCUT2D eigenvalue weighted by atomic mass is 35.5. The molecule has 0 aliphatic carbocycles. The van der Waals surface area contributed by atoms with E-state index in [2.05, 4.69) is 15.3 Å². The standard InChI is InChI=1S/C13H13ClFN3O/c1-2-19-10-5-3-4-9(6-10)7-16-12-11(15)8-17-13(14)18-12/h3-6,8H,2,7H2,1H3,(H,16,17,18). The first-order valence-electron chi connectivity index (χ1n) is 5.82. The Morgan fingerprint density at radius 1 is 1.42 bits per heavy atom. The first kappa shape index (κ1) is 13.5. The molecular weight excluding hydrogens is 269 g/mol. The summed E-state index contributed by atoms with van der Waals surface area (Å²) in [5.41, 5.74) is 0.958. The van der Waals surface area contributed by atoms with Crippen LogP contribution in [0.2, 0.25) is 5.28 Å². The third-order valence-electron chi connectivity index (χ3n) is 2.38. The van der Waals surface area contributed by atoms with Gasteiger partial charge in [0.15, 0.2) is 11.6 Å². The Morgan fingerprint density at radius 2 is 2.26 bits per heavy atom. The molecule has 1 N–H and O–H groups in total. The van der Waals surface area contributed by atoms with Crippen LogP contribution in [0.4, 0.5) is 10.2 Å². The van der Waals surface area contributed by atoms with Crippen molar-refractivity contribution in [1.82, 2.24) is 9.97 Å². The van der Waals surface area contributed by atoms with E-state index in [9.17, 15) is 4.39 Å². The summed E-state index contributed by atoms with van der Waals surface area (Å²) in [6, 6.07) is 7.55. The second kappa shape index (κ2) is 6.33. The number of anilines is 1. The van der Waals surface area contributed by atoms with Crippen LogP contribution >= 0.6 is 11.6 Å². The lowest BCUT2D eigenvalue weighted by Gasteiger charge is -2.08. The second-order valence-electron chi connectivity index (χ2n) is 3.77. The first-order chi connectivity index (χ1) is 9.19. The maximum absolute atomic E-state index is 13.4. The molecule has 0 amide bonds. The fourth-order valence-corrected chi connectivity index (χ4v) is 1.70. The van der Waals surface area contributed by atoms with Crippen molar-refractivity contribution < 1.29 is 9.13 Å². The number of rotatable bonds is 5. The van der Waals surface area contributed by atoms with Gasteiger partial charge in [-0.05, 0) is 36.2 Å². The molecular formula is C13H13ClFN3O. The summed E-state index contributed by atoms with van der Waals surface area (Å²) in [5, 5.41) is 2.88. The predicted molar refractivity (Wildman–Crippen MR) is 71.9 cm³/mol. The zero-order valence-electron chi connectivity index (χ0n) is 10.4. The van der Waals surface area contributed by atoms with Crippen LogP contribution in [0.25, 0.3) is 0 Å². The third kappa shape index (κ3) is 3.79. The van der Waals surface area contributed by atoms with Crippen LogP contribution in [0.3, 0.4) is 0 Å². The molecule has 6 heteroatoms. The molecule has 0 aliphatic rings. The van der Waals surface area contributed by atoms with E-state index in [4.69, 9.17) is 16.3 Å². The highest BCUT2D eigenvalue weighted by Gasteiger charge is 2.05. The van der Waals surface area contributed by atoms with Crippen LogP contribution in [0.5, 0.6) is 5.75 Å². The summed E-state index contributed by atoms with van der Waals surface area (Å²) in [6.07, 6.45) is 1.04. The molecule has 1 aromatic heterocycles. The lowest BCUT2D eigenvalue weighted by molar-refractivity contribution is 0.340. The normalized spacial score (nSPS) is 10.3. The molecule has 2 rings (SSSR count). The number of halogens is 2. The van der Waals surface area contributed by atoms with Crippen LogP contribution < -0.4 is 10.1 Å². The van der Waals surface area contributed by atoms with Crippen molar-refractivity contribution in [2.24, 2.45) is 0 Å². The second-order valence-corrected chi connectivity index (χ2v) is 4.11. The smallest absolute Gasteiger partial charge is 0.224 e. The van der Waals surface area contributed by atoms with Gasteiger partial charge in [-0.3, -0.25) is 0 Å². The van der Waals surface area contributed by atoms with Gasteiger partial charge in [0.1, 0.15) is 5.75 Å². The zero-order valence-corrected chi connectivity index (χ0v) is 11.1. The van der Waals surface area contributed by atoms with E-state index in [1.54, 1.807) is 0 Å². The Balaban J connectivity index is 2.05. The molecule has 0 saturated carbocycles. The average Bonchev–Trinajstić information content (AvgIpc) is 2.41. The molecule has 0 atom stereocenters. The van der Waals surface area contributed by atoms with Crippen LogP contribution in [-0.2, 0) is 6.54 Å². The molecule has 0 fully saturated rings. The monoisotopic (exact) mass is 281 g/mol. The van der Waals surface area contributed by atoms with Crippen molar-refractivity contribution in [3.63, 3.8) is 0 Å². The molecule has 0 unspecified atom stereocenters. The number of ether oxygens (including phenoxy) is 1. The van der Waals surface area contributed by atoms with Crippen molar-refractivity contribution in [2.75, 3.05) is 11.9 Å². The number of nitrogens with zero attached hydrogens (tertiary/aromatic N) is 2. The van der Waals surface area contributed by atoms with E-state index in [0.29, 0.717) is 13.2 Å². The maximum Gasteiger partial charge on any atom is 0.224 e. The molecule has 2 aromatic rings. The number of benzene rings is 1. The van der Waals surface area contributed by atoms with Gasteiger partial charge < -0.3 is 10.1 Å². The molecule has 0 radical (unpaired) electrons. The minimum atomic E-state index is -0.537. The summed E-state index contributed by atoms with van der Waals surface area (Å²) in [4.78, 5) is 7.34. The molecule has 19 heavy (non-hydrogen) atoms. The number of hydrogen-bond donors (Lipinski definition) is 1. The summed E-state index contributed by atoms with van der Waals surface area (Å²) in [5.74, 6) is 0.329. The Bertz CT molecular complexity index is 565. The molecule has 100 valence electrons. The summed E-state index contributed by atoms with van der Waals surface area (Å²) < 4.78 is 18.8. The van der Waals surface area contributed by atoms with Crippen molar-refractivity contribution in [1.29, 1.82) is 0 Å². The molecule has 0 bridgehead atoms. The van der Waals surface area contributed by atoms with Crippen LogP contribution in [0.15, 0.2) is 30.5 Å². The van der Waals surface area contributed by atoms with E-state index in [0.717, 1.165) is 17.5 Å². The maximum atomic E-state index is 13.4. The number of nitrogens with one attached hydrogen (secondary N) is 1. The van der Waals surface area contributed by atoms with Gasteiger partial charge >= 0.3 is 0 Å². The fraction of sp³-hybridized carbons (Fsp3) is 0.231. The minimum absolute atomic E-state index is 0.00645. The van der Waals surface area contributed by atoms with Gasteiger partial charge in [-0.1, -0.05) is 12.1 Å². The number of hydrogen-bond acceptors (Lipinski definition) is 4. The fourth-order valence-electron chi connectivity index (χ4n) is 1.57. The molecule has 0 saturated heterocycles. The lowest BCUT2D eigenvalue weighted by atomic mass is 10.2. The van der Waals surface area contributed by atoms with Gasteiger partial charge in [0.2, 0.25) is 5.28 Å². The Morgan fingerprint density at radius 3 is 3.05 bits per heavy atom. The average molecular weight is 282 g/mol. The third-order valence-corrected chi connectivity index (χ3v) is 2.57. The summed E-state index contributed by atoms with van der Waals surface area (Å²) in [7, 11) is 0. The van der Waals surface area contributed by atoms with Gasteiger partial charge in [-0.15, -0.1) is 0 Å². The topological polar surface area (TPSA) is 47.0 Å². The summed E-state index contributed by atoms with van der Waals surface area (Å²) >= 11 is 5.62. The van der Waals surface area contributed by atoms with Gasteiger partial charge in [0.25, 0.3) is 0 Å². The Kier molecular flexibility index (Phi) is 4.52. The van der Waals surface area contributed by atoms with E-state index in [1.807, 2.05) is 31.2 Å². The van der Waals surface area contributed by atoms with E-state index in [1.165, 1.54) is 0 Å². The molecule has 1 aromatic carbocycles. The van der Waals surface area contributed by atoms with Crippen LogP contribution in [0.1, 0.15) is 12.5 Å². The molecule has 0 aliphatic heterocycles. The van der Waals surface area contributed by atoms with Crippen molar-refractivity contribution in [2.45, 2.75) is 13.5 Å². The first-order valence-corrected chi connectivity index (χ1v) is 6.20. The Labute approximate surface area is 115 Å². The SMILES string of the molecule is CCOc1cccc(CNc2nc(Cl)ncc2F)c1. The van der Waals surface area contributed by atoms with E-state index in [-0.39, 0.29) is 11.1 Å². The number of aromatic nitrogens is 2. The van der Waals surface area contributed by atoms with Crippen LogP contribution in [-0.4, -0.2) is 16.6 Å². The minimum Gasteiger partial charge on any atom is -0.494 e. The summed E-state index contributed by atoms with van der Waals surface area (Å²) in [6.45, 7) is 2.95. The van der Waals surface area contributed by atoms with Crippen molar-refractivity contribution >= 4 is 17.4 Å². The van der Waals surface area contributed by atoms with Crippen molar-refractivity contribution in [3.8, 4) is 5.75 Å². The highest BCUT2D eigenvalue weighted by molar-refractivity contribution is 6.28. The van der Waals surface area contributed by atoms with E-state index < -0.39 is 5.82 Å².